The summed E-state index contributed by atoms with van der Waals surface area (Å²) in [6.45, 7) is 0. The molecule has 72 valence electrons. The molecule has 4 heteroatoms. The Morgan fingerprint density at radius 2 is 1.85 bits per heavy atom. The second-order valence-corrected chi connectivity index (χ2v) is 4.25. The van der Waals surface area contributed by atoms with Crippen molar-refractivity contribution in [3.05, 3.63) is 10.4 Å². The molecule has 0 amide bonds. The maximum atomic E-state index is 9.68. The van der Waals surface area contributed by atoms with Gasteiger partial charge in [0.25, 0.3) is 0 Å². The van der Waals surface area contributed by atoms with Crippen LogP contribution in [-0.4, -0.2) is 17.3 Å². The Kier molecular flexibility index (Phi) is 2.42. The number of fused-ring (bicyclic) bond motifs is 1. The van der Waals surface area contributed by atoms with E-state index in [1.807, 2.05) is 0 Å². The van der Waals surface area contributed by atoms with Crippen molar-refractivity contribution in [2.75, 3.05) is 0 Å². The van der Waals surface area contributed by atoms with E-state index >= 15 is 0 Å². The fourth-order valence-corrected chi connectivity index (χ4v) is 2.37. The van der Waals surface area contributed by atoms with Crippen LogP contribution in [0.15, 0.2) is 5.11 Å². The van der Waals surface area contributed by atoms with E-state index in [1.54, 1.807) is 0 Å². The first-order valence-corrected chi connectivity index (χ1v) is 5.03. The molecule has 13 heavy (non-hydrogen) atoms. The Balaban J connectivity index is 1.96. The van der Waals surface area contributed by atoms with Crippen LogP contribution < -0.4 is 0 Å². The van der Waals surface area contributed by atoms with Gasteiger partial charge >= 0.3 is 0 Å². The molecule has 2 saturated carbocycles. The van der Waals surface area contributed by atoms with E-state index < -0.39 is 6.10 Å². The predicted octanol–water partition coefficient (Wildman–Crippen LogP) is 2.24. The molecular weight excluding hydrogens is 166 g/mol. The Labute approximate surface area is 77.6 Å². The average Bonchev–Trinajstić information content (AvgIpc) is 2.84. The monoisotopic (exact) mass is 181 g/mol. The summed E-state index contributed by atoms with van der Waals surface area (Å²) in [6, 6.07) is -0.174. The van der Waals surface area contributed by atoms with Gasteiger partial charge in [-0.05, 0) is 49.5 Å². The second-order valence-electron chi connectivity index (χ2n) is 4.25. The Morgan fingerprint density at radius 3 is 2.54 bits per heavy atom. The maximum Gasteiger partial charge on any atom is 0.0633 e. The minimum absolute atomic E-state index is 0.174. The molecule has 1 N–H and O–H groups in total. The van der Waals surface area contributed by atoms with Crippen molar-refractivity contribution in [3.63, 3.8) is 0 Å². The molecule has 0 spiro atoms. The van der Waals surface area contributed by atoms with Crippen LogP contribution in [0.3, 0.4) is 0 Å². The maximum absolute atomic E-state index is 9.68. The lowest BCUT2D eigenvalue weighted by atomic mass is 9.95. The van der Waals surface area contributed by atoms with Gasteiger partial charge in [0.15, 0.2) is 0 Å². The Hall–Kier alpha value is -0.730. The zero-order valence-corrected chi connectivity index (χ0v) is 7.63. The van der Waals surface area contributed by atoms with E-state index in [0.29, 0.717) is 0 Å². The quantitative estimate of drug-likeness (QED) is 0.376. The molecule has 2 aliphatic carbocycles. The summed E-state index contributed by atoms with van der Waals surface area (Å²) in [6.07, 6.45) is 4.85. The van der Waals surface area contributed by atoms with Gasteiger partial charge in [0, 0.05) is 4.91 Å². The highest BCUT2D eigenvalue weighted by Gasteiger charge is 2.39. The normalized spacial score (nSPS) is 43.8. The summed E-state index contributed by atoms with van der Waals surface area (Å²) >= 11 is 0. The summed E-state index contributed by atoms with van der Waals surface area (Å²) in [5.41, 5.74) is 8.32. The summed E-state index contributed by atoms with van der Waals surface area (Å²) in [5.74, 6) is 1.73. The van der Waals surface area contributed by atoms with Gasteiger partial charge in [0.05, 0.1) is 12.1 Å². The second kappa shape index (κ2) is 3.56. The van der Waals surface area contributed by atoms with Crippen molar-refractivity contribution in [2.24, 2.45) is 17.0 Å². The topological polar surface area (TPSA) is 69.0 Å². The fraction of sp³-hybridized carbons (Fsp3) is 1.00. The minimum atomic E-state index is -0.405. The molecule has 0 aromatic carbocycles. The van der Waals surface area contributed by atoms with Crippen molar-refractivity contribution in [1.29, 1.82) is 0 Å². The van der Waals surface area contributed by atoms with Gasteiger partial charge in [0.1, 0.15) is 0 Å². The zero-order valence-electron chi connectivity index (χ0n) is 7.63. The fourth-order valence-electron chi connectivity index (χ4n) is 2.37. The van der Waals surface area contributed by atoms with Crippen molar-refractivity contribution in [2.45, 2.75) is 44.2 Å². The summed E-state index contributed by atoms with van der Waals surface area (Å²) in [4.78, 5) is 2.79. The van der Waals surface area contributed by atoms with Gasteiger partial charge in [0.2, 0.25) is 0 Å². The number of hydrogen-bond acceptors (Lipinski definition) is 2. The number of aliphatic hydroxyl groups is 1. The van der Waals surface area contributed by atoms with Crippen LogP contribution in [0.25, 0.3) is 10.4 Å². The number of rotatable bonds is 1. The van der Waals surface area contributed by atoms with E-state index in [1.165, 1.54) is 6.42 Å². The van der Waals surface area contributed by atoms with Crippen LogP contribution in [0.2, 0.25) is 0 Å². The van der Waals surface area contributed by atoms with Gasteiger partial charge in [-0.2, -0.15) is 0 Å². The molecule has 2 rings (SSSR count). The van der Waals surface area contributed by atoms with E-state index in [2.05, 4.69) is 10.0 Å². The lowest BCUT2D eigenvalue weighted by Gasteiger charge is -2.20. The lowest BCUT2D eigenvalue weighted by molar-refractivity contribution is 0.119. The third-order valence-corrected chi connectivity index (χ3v) is 3.38. The number of hydrogen-bond donors (Lipinski definition) is 1. The first kappa shape index (κ1) is 8.85. The van der Waals surface area contributed by atoms with Crippen molar-refractivity contribution >= 4 is 0 Å². The molecule has 0 bridgehead atoms. The number of aliphatic hydroxyl groups excluding tert-OH is 1. The Morgan fingerprint density at radius 1 is 1.15 bits per heavy atom. The molecule has 0 saturated heterocycles. The van der Waals surface area contributed by atoms with Gasteiger partial charge in [-0.3, -0.25) is 0 Å². The van der Waals surface area contributed by atoms with Gasteiger partial charge in [-0.25, -0.2) is 0 Å². The van der Waals surface area contributed by atoms with Crippen LogP contribution in [0, 0.1) is 11.8 Å². The van der Waals surface area contributed by atoms with Crippen LogP contribution in [-0.2, 0) is 0 Å². The van der Waals surface area contributed by atoms with Crippen LogP contribution in [0.5, 0.6) is 0 Å². The zero-order chi connectivity index (χ0) is 9.26. The lowest BCUT2D eigenvalue weighted by Crippen LogP contribution is -2.25. The first-order valence-electron chi connectivity index (χ1n) is 5.03. The third kappa shape index (κ3) is 1.95. The molecule has 0 heterocycles. The number of azide groups is 1. The van der Waals surface area contributed by atoms with Gasteiger partial charge in [-0.1, -0.05) is 5.11 Å². The van der Waals surface area contributed by atoms with Crippen LogP contribution >= 0.6 is 0 Å². The molecule has 0 unspecified atom stereocenters. The predicted molar refractivity (Wildman–Crippen MR) is 49.0 cm³/mol. The highest BCUT2D eigenvalue weighted by atomic mass is 16.3. The highest BCUT2D eigenvalue weighted by Crippen LogP contribution is 2.47. The van der Waals surface area contributed by atoms with E-state index in [-0.39, 0.29) is 6.04 Å². The largest absolute Gasteiger partial charge is 0.393 e. The summed E-state index contributed by atoms with van der Waals surface area (Å²) in [7, 11) is 0. The highest BCUT2D eigenvalue weighted by molar-refractivity contribution is 4.92. The minimum Gasteiger partial charge on any atom is -0.393 e. The molecule has 0 aromatic rings. The smallest absolute Gasteiger partial charge is 0.0633 e. The van der Waals surface area contributed by atoms with Crippen LogP contribution in [0.4, 0.5) is 0 Å². The van der Waals surface area contributed by atoms with Gasteiger partial charge in [-0.15, -0.1) is 0 Å². The molecule has 0 aliphatic heterocycles. The SMILES string of the molecule is [N-]=[N+]=N[C@@H]1CC[C@@H]2C[C@H]2CC[C@H]1O. The molecule has 4 atom stereocenters. The van der Waals surface area contributed by atoms with E-state index in [9.17, 15) is 5.11 Å². The molecule has 4 nitrogen and oxygen atoms in total. The van der Waals surface area contributed by atoms with E-state index in [4.69, 9.17) is 5.53 Å². The summed E-state index contributed by atoms with van der Waals surface area (Å²) in [5, 5.41) is 13.3. The molecule has 0 aromatic heterocycles. The molecule has 2 fully saturated rings. The standard InChI is InChI=1S/C9H15N3O/c10-12-11-8-3-1-6-5-7(6)2-4-9(8)13/h6-9,13H,1-5H2/t6-,7-,8-,9-/m1/s1. The van der Waals surface area contributed by atoms with Crippen molar-refractivity contribution < 1.29 is 5.11 Å². The number of nitrogens with zero attached hydrogens (tertiary/aromatic N) is 3. The van der Waals surface area contributed by atoms with Crippen LogP contribution in [0.1, 0.15) is 32.1 Å². The van der Waals surface area contributed by atoms with Gasteiger partial charge < -0.3 is 5.11 Å². The molecular formula is C9H15N3O. The van der Waals surface area contributed by atoms with E-state index in [0.717, 1.165) is 37.5 Å². The molecule has 2 aliphatic rings. The first-order chi connectivity index (χ1) is 6.31. The molecule has 0 radical (unpaired) electrons. The average molecular weight is 181 g/mol. The Bertz CT molecular complexity index is 237. The third-order valence-electron chi connectivity index (χ3n) is 3.38. The summed E-state index contributed by atoms with van der Waals surface area (Å²) < 4.78 is 0. The van der Waals surface area contributed by atoms with Crippen molar-refractivity contribution in [1.82, 2.24) is 0 Å². The van der Waals surface area contributed by atoms with Crippen molar-refractivity contribution in [3.8, 4) is 0 Å².